The molecule has 1 nitrogen and oxygen atoms in total. The monoisotopic (exact) mass is 265 g/mol. The molecule has 2 aromatic rings. The zero-order chi connectivity index (χ0) is 13.9. The first-order chi connectivity index (χ1) is 9.85. The number of hydrogen-bond donors (Lipinski definition) is 0. The van der Waals surface area contributed by atoms with E-state index in [9.17, 15) is 0 Å². The minimum absolute atomic E-state index is 0.571. The Balaban J connectivity index is 2.02. The molecule has 0 bridgehead atoms. The van der Waals surface area contributed by atoms with Crippen LogP contribution in [0.3, 0.4) is 0 Å². The zero-order valence-electron chi connectivity index (χ0n) is 12.5. The largest absolute Gasteiger partial charge is 0.348 e. The van der Waals surface area contributed by atoms with E-state index in [0.717, 1.165) is 6.54 Å². The van der Waals surface area contributed by atoms with E-state index in [4.69, 9.17) is 0 Å². The van der Waals surface area contributed by atoms with Crippen LogP contribution in [0.2, 0.25) is 0 Å². The number of allylic oxidation sites excluding steroid dienone is 1. The van der Waals surface area contributed by atoms with Gasteiger partial charge in [0.1, 0.15) is 0 Å². The van der Waals surface area contributed by atoms with Gasteiger partial charge in [0, 0.05) is 24.4 Å². The second kappa shape index (κ2) is 5.70. The summed E-state index contributed by atoms with van der Waals surface area (Å²) in [6, 6.07) is 13.3. The minimum Gasteiger partial charge on any atom is -0.348 e. The molecule has 0 saturated heterocycles. The van der Waals surface area contributed by atoms with Gasteiger partial charge in [0.2, 0.25) is 0 Å². The van der Waals surface area contributed by atoms with E-state index in [1.165, 1.54) is 41.7 Å². The normalized spacial score (nSPS) is 17.1. The van der Waals surface area contributed by atoms with Gasteiger partial charge in [-0.2, -0.15) is 0 Å². The molecule has 104 valence electrons. The van der Waals surface area contributed by atoms with Crippen LogP contribution >= 0.6 is 0 Å². The highest BCUT2D eigenvalue weighted by Crippen LogP contribution is 2.44. The van der Waals surface area contributed by atoms with E-state index in [1.807, 2.05) is 0 Å². The lowest BCUT2D eigenvalue weighted by molar-refractivity contribution is 0.665. The van der Waals surface area contributed by atoms with Crippen molar-refractivity contribution in [2.45, 2.75) is 45.6 Å². The third kappa shape index (κ3) is 2.22. The van der Waals surface area contributed by atoms with E-state index >= 15 is 0 Å². The summed E-state index contributed by atoms with van der Waals surface area (Å²) in [4.78, 5) is 0. The molecule has 1 aliphatic rings. The Morgan fingerprint density at radius 3 is 2.65 bits per heavy atom. The molecule has 0 spiro atoms. The van der Waals surface area contributed by atoms with Crippen molar-refractivity contribution in [3.8, 4) is 0 Å². The highest BCUT2D eigenvalue weighted by Gasteiger charge is 2.26. The molecule has 1 aromatic heterocycles. The van der Waals surface area contributed by atoms with E-state index in [0.29, 0.717) is 5.92 Å². The second-order valence-electron chi connectivity index (χ2n) is 5.66. The maximum Gasteiger partial charge on any atom is 0.0445 e. The second-order valence-corrected chi connectivity index (χ2v) is 5.66. The zero-order valence-corrected chi connectivity index (χ0v) is 12.5. The number of hydrogen-bond acceptors (Lipinski definition) is 0. The molecule has 0 N–H and O–H groups in total. The summed E-state index contributed by atoms with van der Waals surface area (Å²) in [7, 11) is 0. The van der Waals surface area contributed by atoms with Crippen LogP contribution in [0.5, 0.6) is 0 Å². The quantitative estimate of drug-likeness (QED) is 0.688. The lowest BCUT2D eigenvalue weighted by Gasteiger charge is -2.18. The van der Waals surface area contributed by atoms with Gasteiger partial charge >= 0.3 is 0 Å². The highest BCUT2D eigenvalue weighted by molar-refractivity contribution is 5.90. The molecule has 1 aliphatic carbocycles. The summed E-state index contributed by atoms with van der Waals surface area (Å²) in [5.41, 5.74) is 5.83. The Morgan fingerprint density at radius 1 is 1.00 bits per heavy atom. The molecule has 20 heavy (non-hydrogen) atoms. The van der Waals surface area contributed by atoms with Gasteiger partial charge in [-0.15, -0.1) is 0 Å². The van der Waals surface area contributed by atoms with Crippen molar-refractivity contribution in [1.29, 1.82) is 0 Å². The Morgan fingerprint density at radius 2 is 1.85 bits per heavy atom. The van der Waals surface area contributed by atoms with Gasteiger partial charge in [-0.25, -0.2) is 0 Å². The number of nitrogens with zero attached hydrogens (tertiary/aromatic N) is 1. The lowest BCUT2D eigenvalue weighted by atomic mass is 9.90. The fourth-order valence-electron chi connectivity index (χ4n) is 3.36. The molecule has 1 heteroatoms. The molecular weight excluding hydrogens is 242 g/mol. The molecule has 1 atom stereocenters. The van der Waals surface area contributed by atoms with Crippen molar-refractivity contribution >= 4 is 11.6 Å². The van der Waals surface area contributed by atoms with Gasteiger partial charge in [-0.3, -0.25) is 0 Å². The summed E-state index contributed by atoms with van der Waals surface area (Å²) in [5.74, 6) is 0.571. The van der Waals surface area contributed by atoms with Gasteiger partial charge in [-0.05, 0) is 47.8 Å². The Hall–Kier alpha value is -1.76. The fourth-order valence-corrected chi connectivity index (χ4v) is 3.36. The average molecular weight is 265 g/mol. The van der Waals surface area contributed by atoms with Crippen LogP contribution in [0, 0.1) is 0 Å². The van der Waals surface area contributed by atoms with Crippen LogP contribution in [0.15, 0.2) is 42.6 Å². The van der Waals surface area contributed by atoms with E-state index in [2.05, 4.69) is 67.1 Å². The maximum atomic E-state index is 2.40. The van der Waals surface area contributed by atoms with Crippen LogP contribution in [-0.2, 0) is 6.54 Å². The number of aromatic nitrogens is 1. The van der Waals surface area contributed by atoms with Crippen molar-refractivity contribution in [2.75, 3.05) is 0 Å². The Kier molecular flexibility index (Phi) is 3.77. The highest BCUT2D eigenvalue weighted by atomic mass is 15.0. The van der Waals surface area contributed by atoms with Gasteiger partial charge in [-0.1, -0.05) is 44.5 Å². The minimum atomic E-state index is 0.571. The van der Waals surface area contributed by atoms with E-state index in [1.54, 1.807) is 0 Å². The summed E-state index contributed by atoms with van der Waals surface area (Å²) in [5, 5.41) is 0. The number of aryl methyl sites for hydroxylation is 1. The Bertz CT molecular complexity index is 618. The number of benzene rings is 1. The molecule has 1 unspecified atom stereocenters. The summed E-state index contributed by atoms with van der Waals surface area (Å²) in [6.45, 7) is 5.63. The molecule has 3 rings (SSSR count). The van der Waals surface area contributed by atoms with Gasteiger partial charge in [0.25, 0.3) is 0 Å². The van der Waals surface area contributed by atoms with Gasteiger partial charge in [0.05, 0.1) is 0 Å². The molecule has 0 radical (unpaired) electrons. The van der Waals surface area contributed by atoms with Crippen LogP contribution in [0.25, 0.3) is 11.6 Å². The fraction of sp³-hybridized carbons (Fsp3) is 0.368. The molecule has 0 saturated carbocycles. The van der Waals surface area contributed by atoms with Crippen molar-refractivity contribution in [2.24, 2.45) is 0 Å². The molecular formula is C19H23N. The van der Waals surface area contributed by atoms with Crippen LogP contribution < -0.4 is 0 Å². The van der Waals surface area contributed by atoms with E-state index < -0.39 is 0 Å². The van der Waals surface area contributed by atoms with Gasteiger partial charge < -0.3 is 4.57 Å². The summed E-state index contributed by atoms with van der Waals surface area (Å²) < 4.78 is 2.40. The molecule has 0 amide bonds. The standard InChI is InChI=1S/C19H23N/c1-3-8-17-16-10-6-5-9-15(16)14-18(17)19-11-7-13-20(19)12-4-2/h5-7,9-11,13-14,17H,3-4,8,12H2,1-2H3. The van der Waals surface area contributed by atoms with Crippen molar-refractivity contribution in [1.82, 2.24) is 4.57 Å². The van der Waals surface area contributed by atoms with Crippen LogP contribution in [0.4, 0.5) is 0 Å². The molecule has 1 heterocycles. The first-order valence-corrected chi connectivity index (χ1v) is 7.81. The average Bonchev–Trinajstić information content (AvgIpc) is 3.05. The van der Waals surface area contributed by atoms with Crippen molar-refractivity contribution in [3.05, 3.63) is 59.4 Å². The molecule has 1 aromatic carbocycles. The Labute approximate surface area is 121 Å². The summed E-state index contributed by atoms with van der Waals surface area (Å²) >= 11 is 0. The van der Waals surface area contributed by atoms with Crippen LogP contribution in [0.1, 0.15) is 55.8 Å². The third-order valence-corrected chi connectivity index (χ3v) is 4.23. The predicted molar refractivity (Wildman–Crippen MR) is 86.7 cm³/mol. The lowest BCUT2D eigenvalue weighted by Crippen LogP contribution is -2.04. The molecule has 0 fully saturated rings. The van der Waals surface area contributed by atoms with Gasteiger partial charge in [0.15, 0.2) is 0 Å². The summed E-state index contributed by atoms with van der Waals surface area (Å²) in [6.07, 6.45) is 8.26. The van der Waals surface area contributed by atoms with Crippen LogP contribution in [-0.4, -0.2) is 4.57 Å². The topological polar surface area (TPSA) is 4.93 Å². The number of fused-ring (bicyclic) bond motifs is 1. The molecule has 0 aliphatic heterocycles. The number of rotatable bonds is 5. The SMILES string of the molecule is CCCC1C(c2cccn2CCC)=Cc2ccccc21. The first kappa shape index (κ1) is 13.2. The maximum absolute atomic E-state index is 2.40. The van der Waals surface area contributed by atoms with Crippen molar-refractivity contribution < 1.29 is 0 Å². The third-order valence-electron chi connectivity index (χ3n) is 4.23. The van der Waals surface area contributed by atoms with E-state index in [-0.39, 0.29) is 0 Å². The first-order valence-electron chi connectivity index (χ1n) is 7.81. The van der Waals surface area contributed by atoms with Crippen molar-refractivity contribution in [3.63, 3.8) is 0 Å². The smallest absolute Gasteiger partial charge is 0.0445 e. The predicted octanol–water partition coefficient (Wildman–Crippen LogP) is 5.34.